The molecule has 0 aliphatic rings. The summed E-state index contributed by atoms with van der Waals surface area (Å²) in [6, 6.07) is 32.1. The Morgan fingerprint density at radius 3 is 1.80 bits per heavy atom. The first-order valence-electron chi connectivity index (χ1n) is 8.60. The number of rotatable bonds is 4. The van der Waals surface area contributed by atoms with E-state index >= 15 is 0 Å². The Kier molecular flexibility index (Phi) is 4.54. The van der Waals surface area contributed by atoms with Crippen LogP contribution >= 0.6 is 11.6 Å². The van der Waals surface area contributed by atoms with Crippen LogP contribution in [0.3, 0.4) is 0 Å². The summed E-state index contributed by atoms with van der Waals surface area (Å²) in [5.41, 5.74) is 5.18. The molecular weight excluding hydrogens is 324 g/mol. The van der Waals surface area contributed by atoms with Gasteiger partial charge in [-0.3, -0.25) is 0 Å². The SMILES string of the molecule is Clc1ccc(-c2ccc(CCc3ccc4ccccc4c3)cc2)cc1. The van der Waals surface area contributed by atoms with Crippen molar-refractivity contribution in [1.82, 2.24) is 0 Å². The molecular formula is C24H19Cl. The van der Waals surface area contributed by atoms with Crippen molar-refractivity contribution in [3.8, 4) is 11.1 Å². The highest BCUT2D eigenvalue weighted by atomic mass is 35.5. The van der Waals surface area contributed by atoms with Gasteiger partial charge in [0.25, 0.3) is 0 Å². The molecule has 0 spiro atoms. The van der Waals surface area contributed by atoms with E-state index in [1.807, 2.05) is 12.1 Å². The second kappa shape index (κ2) is 7.13. The second-order valence-corrected chi connectivity index (χ2v) is 6.82. The number of benzene rings is 4. The van der Waals surface area contributed by atoms with Crippen molar-refractivity contribution in [1.29, 1.82) is 0 Å². The fraction of sp³-hybridized carbons (Fsp3) is 0.0833. The lowest BCUT2D eigenvalue weighted by Gasteiger charge is -2.06. The molecule has 4 rings (SSSR count). The average Bonchev–Trinajstić information content (AvgIpc) is 2.67. The fourth-order valence-corrected chi connectivity index (χ4v) is 3.32. The first-order chi connectivity index (χ1) is 12.3. The van der Waals surface area contributed by atoms with Crippen molar-refractivity contribution in [2.24, 2.45) is 0 Å². The number of fused-ring (bicyclic) bond motifs is 1. The summed E-state index contributed by atoms with van der Waals surface area (Å²) in [5.74, 6) is 0. The van der Waals surface area contributed by atoms with E-state index in [1.165, 1.54) is 33.0 Å². The van der Waals surface area contributed by atoms with Crippen LogP contribution in [0.1, 0.15) is 11.1 Å². The van der Waals surface area contributed by atoms with E-state index in [4.69, 9.17) is 11.6 Å². The molecule has 4 aromatic carbocycles. The third kappa shape index (κ3) is 3.75. The van der Waals surface area contributed by atoms with Gasteiger partial charge in [0, 0.05) is 5.02 Å². The van der Waals surface area contributed by atoms with E-state index in [0.29, 0.717) is 0 Å². The smallest absolute Gasteiger partial charge is 0.0406 e. The highest BCUT2D eigenvalue weighted by molar-refractivity contribution is 6.30. The molecule has 0 N–H and O–H groups in total. The minimum atomic E-state index is 0.774. The van der Waals surface area contributed by atoms with Crippen LogP contribution in [0.15, 0.2) is 91.0 Å². The molecule has 0 atom stereocenters. The lowest BCUT2D eigenvalue weighted by Crippen LogP contribution is -1.91. The van der Waals surface area contributed by atoms with Crippen LogP contribution in [0.5, 0.6) is 0 Å². The Bertz CT molecular complexity index is 982. The Hall–Kier alpha value is -2.57. The monoisotopic (exact) mass is 342 g/mol. The normalized spacial score (nSPS) is 10.9. The lowest BCUT2D eigenvalue weighted by molar-refractivity contribution is 0.963. The van der Waals surface area contributed by atoms with Gasteiger partial charge < -0.3 is 0 Å². The van der Waals surface area contributed by atoms with Gasteiger partial charge >= 0.3 is 0 Å². The number of hydrogen-bond donors (Lipinski definition) is 0. The number of halogens is 1. The summed E-state index contributed by atoms with van der Waals surface area (Å²) in [6.07, 6.45) is 2.12. The highest BCUT2D eigenvalue weighted by Gasteiger charge is 2.01. The van der Waals surface area contributed by atoms with Crippen molar-refractivity contribution in [3.63, 3.8) is 0 Å². The molecule has 0 saturated heterocycles. The van der Waals surface area contributed by atoms with Crippen LogP contribution < -0.4 is 0 Å². The van der Waals surface area contributed by atoms with Crippen molar-refractivity contribution in [3.05, 3.63) is 107 Å². The summed E-state index contributed by atoms with van der Waals surface area (Å²) in [4.78, 5) is 0. The molecule has 0 saturated carbocycles. The molecule has 0 amide bonds. The topological polar surface area (TPSA) is 0 Å². The molecule has 0 unspecified atom stereocenters. The first-order valence-corrected chi connectivity index (χ1v) is 8.98. The van der Waals surface area contributed by atoms with Crippen LogP contribution in [-0.2, 0) is 12.8 Å². The minimum absolute atomic E-state index is 0.774. The fourth-order valence-electron chi connectivity index (χ4n) is 3.19. The summed E-state index contributed by atoms with van der Waals surface area (Å²) < 4.78 is 0. The van der Waals surface area contributed by atoms with Crippen molar-refractivity contribution in [2.75, 3.05) is 0 Å². The minimum Gasteiger partial charge on any atom is -0.0843 e. The molecule has 0 fully saturated rings. The van der Waals surface area contributed by atoms with Gasteiger partial charge in [-0.1, -0.05) is 90.5 Å². The van der Waals surface area contributed by atoms with E-state index in [1.54, 1.807) is 0 Å². The quantitative estimate of drug-likeness (QED) is 0.376. The van der Waals surface area contributed by atoms with E-state index in [0.717, 1.165) is 17.9 Å². The Labute approximate surface area is 153 Å². The maximum atomic E-state index is 5.96. The van der Waals surface area contributed by atoms with Gasteiger partial charge in [0.05, 0.1) is 0 Å². The van der Waals surface area contributed by atoms with Gasteiger partial charge in [-0.2, -0.15) is 0 Å². The third-order valence-electron chi connectivity index (χ3n) is 4.65. The molecule has 0 aliphatic heterocycles. The molecule has 0 bridgehead atoms. The maximum absolute atomic E-state index is 5.96. The van der Waals surface area contributed by atoms with E-state index < -0.39 is 0 Å². The van der Waals surface area contributed by atoms with Crippen molar-refractivity contribution < 1.29 is 0 Å². The van der Waals surface area contributed by atoms with Crippen LogP contribution in [0.4, 0.5) is 0 Å². The van der Waals surface area contributed by atoms with Crippen molar-refractivity contribution in [2.45, 2.75) is 12.8 Å². The van der Waals surface area contributed by atoms with E-state index in [-0.39, 0.29) is 0 Å². The van der Waals surface area contributed by atoms with Gasteiger partial charge in [0.2, 0.25) is 0 Å². The summed E-state index contributed by atoms with van der Waals surface area (Å²) in [6.45, 7) is 0. The molecule has 122 valence electrons. The van der Waals surface area contributed by atoms with Crippen LogP contribution in [0.25, 0.3) is 21.9 Å². The molecule has 1 heteroatoms. The maximum Gasteiger partial charge on any atom is 0.0406 e. The molecule has 0 nitrogen and oxygen atoms in total. The zero-order chi connectivity index (χ0) is 17.1. The van der Waals surface area contributed by atoms with Gasteiger partial charge in [-0.15, -0.1) is 0 Å². The third-order valence-corrected chi connectivity index (χ3v) is 4.90. The molecule has 25 heavy (non-hydrogen) atoms. The van der Waals surface area contributed by atoms with Crippen molar-refractivity contribution >= 4 is 22.4 Å². The van der Waals surface area contributed by atoms with Gasteiger partial charge in [0.1, 0.15) is 0 Å². The van der Waals surface area contributed by atoms with Gasteiger partial charge in [0.15, 0.2) is 0 Å². The second-order valence-electron chi connectivity index (χ2n) is 6.39. The summed E-state index contributed by atoms with van der Waals surface area (Å²) >= 11 is 5.96. The van der Waals surface area contributed by atoms with Gasteiger partial charge in [-0.05, 0) is 58.0 Å². The van der Waals surface area contributed by atoms with Crippen LogP contribution in [0.2, 0.25) is 5.02 Å². The number of aryl methyl sites for hydroxylation is 2. The van der Waals surface area contributed by atoms with Crippen LogP contribution in [-0.4, -0.2) is 0 Å². The number of hydrogen-bond acceptors (Lipinski definition) is 0. The molecule has 0 heterocycles. The standard InChI is InChI=1S/C24H19Cl/c25-24-15-13-22(14-16-24)21-10-7-18(8-11-21)5-6-19-9-12-20-3-1-2-4-23(20)17-19/h1-4,7-17H,5-6H2. The molecule has 4 aromatic rings. The van der Waals surface area contributed by atoms with Gasteiger partial charge in [-0.25, -0.2) is 0 Å². The Morgan fingerprint density at radius 2 is 1.08 bits per heavy atom. The largest absolute Gasteiger partial charge is 0.0843 e. The zero-order valence-corrected chi connectivity index (χ0v) is 14.7. The lowest BCUT2D eigenvalue weighted by atomic mass is 9.99. The Balaban J connectivity index is 1.46. The summed E-state index contributed by atoms with van der Waals surface area (Å²) in [7, 11) is 0. The highest BCUT2D eigenvalue weighted by Crippen LogP contribution is 2.23. The predicted octanol–water partition coefficient (Wildman–Crippen LogP) is 6.95. The van der Waals surface area contributed by atoms with Crippen LogP contribution in [0, 0.1) is 0 Å². The first kappa shape index (κ1) is 15.9. The molecule has 0 aliphatic carbocycles. The summed E-state index contributed by atoms with van der Waals surface area (Å²) in [5, 5.41) is 3.40. The predicted molar refractivity (Wildman–Crippen MR) is 108 cm³/mol. The van der Waals surface area contributed by atoms with E-state index in [9.17, 15) is 0 Å². The Morgan fingerprint density at radius 1 is 0.520 bits per heavy atom. The molecule has 0 radical (unpaired) electrons. The average molecular weight is 343 g/mol. The molecule has 0 aromatic heterocycles. The van der Waals surface area contributed by atoms with E-state index in [2.05, 4.69) is 78.9 Å². The zero-order valence-electron chi connectivity index (χ0n) is 14.0.